The SMILES string of the molecule is C=CCCC(=O)NC[C@@H](C)OC(=O)[C@H]1[C@@H]2O[C@@]3(CC2Br)[C@@H]1C(=O)N([C@H](CO)c1ccccc1)[C@@H]3C(=O)N(CC=C)C(C)(C)CC(C)(C)C. The van der Waals surface area contributed by atoms with Crippen LogP contribution in [0.3, 0.4) is 0 Å². The first-order valence-electron chi connectivity index (χ1n) is 16.8. The summed E-state index contributed by atoms with van der Waals surface area (Å²) in [5, 5.41) is 13.6. The molecule has 1 unspecified atom stereocenters. The third-order valence-electron chi connectivity index (χ3n) is 9.68. The van der Waals surface area contributed by atoms with Gasteiger partial charge >= 0.3 is 5.97 Å². The molecule has 11 heteroatoms. The number of nitrogens with zero attached hydrogens (tertiary/aromatic N) is 2. The minimum atomic E-state index is -1.35. The second kappa shape index (κ2) is 14.8. The second-order valence-corrected chi connectivity index (χ2v) is 16.4. The number of halogens is 1. The number of carbonyl (C=O) groups is 4. The van der Waals surface area contributed by atoms with Crippen LogP contribution in [0.4, 0.5) is 0 Å². The highest BCUT2D eigenvalue weighted by Crippen LogP contribution is 2.61. The number of rotatable bonds is 15. The molecule has 0 radical (unpaired) electrons. The van der Waals surface area contributed by atoms with Crippen LogP contribution in [-0.4, -0.2) is 92.5 Å². The third-order valence-corrected chi connectivity index (χ3v) is 10.5. The van der Waals surface area contributed by atoms with Crippen LogP contribution in [-0.2, 0) is 28.7 Å². The van der Waals surface area contributed by atoms with Crippen LogP contribution < -0.4 is 5.32 Å². The molecule has 2 N–H and O–H groups in total. The topological polar surface area (TPSA) is 125 Å². The van der Waals surface area contributed by atoms with Gasteiger partial charge in [-0.1, -0.05) is 79.2 Å². The van der Waals surface area contributed by atoms with E-state index in [4.69, 9.17) is 9.47 Å². The third kappa shape index (κ3) is 7.43. The smallest absolute Gasteiger partial charge is 0.312 e. The standard InChI is InChI=1S/C37H52BrN3O7/c1-9-11-17-27(43)39-20-23(3)47-34(46)28-29-32(44)41(26(21-42)24-15-13-12-14-16-24)31(37(29)19-25(38)30(28)48-37)33(45)40(18-10-2)36(7,8)22-35(4,5)6/h9-10,12-16,23,25-26,28-31,42H,1-2,11,17-22H2,3-8H3,(H,39,43)/t23-,25?,26-,28-,29+,30-,31-,37+/m1/s1. The number of benzene rings is 1. The fourth-order valence-electron chi connectivity index (χ4n) is 8.18. The molecule has 0 saturated carbocycles. The van der Waals surface area contributed by atoms with E-state index in [0.717, 1.165) is 0 Å². The van der Waals surface area contributed by atoms with Crippen molar-refractivity contribution >= 4 is 39.6 Å². The summed E-state index contributed by atoms with van der Waals surface area (Å²) in [6, 6.07) is 7.12. The lowest BCUT2D eigenvalue weighted by molar-refractivity contribution is -0.160. The van der Waals surface area contributed by atoms with E-state index in [1.165, 1.54) is 4.90 Å². The Balaban J connectivity index is 1.76. The number of likely N-dealkylation sites (tertiary alicyclic amines) is 1. The van der Waals surface area contributed by atoms with Crippen molar-refractivity contribution in [1.82, 2.24) is 15.1 Å². The molecule has 1 aromatic carbocycles. The van der Waals surface area contributed by atoms with Gasteiger partial charge < -0.3 is 29.7 Å². The fraction of sp³-hybridized carbons (Fsp3) is 0.622. The lowest BCUT2D eigenvalue weighted by atomic mass is 9.70. The first-order valence-corrected chi connectivity index (χ1v) is 17.7. The molecule has 48 heavy (non-hydrogen) atoms. The Labute approximate surface area is 293 Å². The molecule has 3 aliphatic rings. The zero-order chi connectivity index (χ0) is 35.6. The highest BCUT2D eigenvalue weighted by Gasteiger charge is 2.78. The number of hydrogen-bond acceptors (Lipinski definition) is 7. The summed E-state index contributed by atoms with van der Waals surface area (Å²) < 4.78 is 12.6. The van der Waals surface area contributed by atoms with Crippen molar-refractivity contribution in [2.24, 2.45) is 17.3 Å². The van der Waals surface area contributed by atoms with Crippen molar-refractivity contribution in [2.75, 3.05) is 19.7 Å². The molecule has 3 amide bonds. The number of aliphatic hydroxyl groups is 1. The average Bonchev–Trinajstić information content (AvgIpc) is 3.60. The number of fused-ring (bicyclic) bond motifs is 1. The molecule has 264 valence electrons. The second-order valence-electron chi connectivity index (χ2n) is 15.2. The zero-order valence-corrected chi connectivity index (χ0v) is 30.7. The van der Waals surface area contributed by atoms with E-state index in [1.54, 1.807) is 24.0 Å². The number of alkyl halides is 1. The van der Waals surface area contributed by atoms with Gasteiger partial charge in [-0.3, -0.25) is 19.2 Å². The molecular formula is C37H52BrN3O7. The summed E-state index contributed by atoms with van der Waals surface area (Å²) in [6.45, 7) is 19.5. The first kappa shape index (κ1) is 37.8. The number of allylic oxidation sites excluding steroid dienone is 1. The van der Waals surface area contributed by atoms with Crippen LogP contribution in [0, 0.1) is 17.3 Å². The summed E-state index contributed by atoms with van der Waals surface area (Å²) in [5.74, 6) is -3.57. The molecule has 3 fully saturated rings. The van der Waals surface area contributed by atoms with Gasteiger partial charge in [0.2, 0.25) is 17.7 Å². The van der Waals surface area contributed by atoms with Gasteiger partial charge in [-0.25, -0.2) is 0 Å². The predicted molar refractivity (Wildman–Crippen MR) is 187 cm³/mol. The van der Waals surface area contributed by atoms with Gasteiger partial charge in [0.25, 0.3) is 0 Å². The van der Waals surface area contributed by atoms with Crippen molar-refractivity contribution in [1.29, 1.82) is 0 Å². The molecule has 8 atom stereocenters. The number of aliphatic hydroxyl groups excluding tert-OH is 1. The maximum absolute atomic E-state index is 15.1. The van der Waals surface area contributed by atoms with Crippen molar-refractivity contribution in [3.63, 3.8) is 0 Å². The highest BCUT2D eigenvalue weighted by atomic mass is 79.9. The Hall–Kier alpha value is -3.02. The van der Waals surface area contributed by atoms with E-state index in [2.05, 4.69) is 55.2 Å². The minimum Gasteiger partial charge on any atom is -0.460 e. The van der Waals surface area contributed by atoms with E-state index in [0.29, 0.717) is 24.8 Å². The van der Waals surface area contributed by atoms with Crippen LogP contribution in [0.5, 0.6) is 0 Å². The molecule has 3 aliphatic heterocycles. The maximum atomic E-state index is 15.1. The van der Waals surface area contributed by atoms with Crippen molar-refractivity contribution in [3.8, 4) is 0 Å². The molecule has 0 aliphatic carbocycles. The van der Waals surface area contributed by atoms with Gasteiger partial charge in [-0.15, -0.1) is 13.2 Å². The van der Waals surface area contributed by atoms with E-state index in [1.807, 2.05) is 44.2 Å². The van der Waals surface area contributed by atoms with E-state index < -0.39 is 65.8 Å². The van der Waals surface area contributed by atoms with Gasteiger partial charge in [0.05, 0.1) is 37.1 Å². The monoisotopic (exact) mass is 729 g/mol. The number of ether oxygens (including phenoxy) is 2. The molecular weight excluding hydrogens is 678 g/mol. The lowest BCUT2D eigenvalue weighted by Gasteiger charge is -2.46. The Morgan fingerprint density at radius 3 is 2.44 bits per heavy atom. The molecule has 4 rings (SSSR count). The van der Waals surface area contributed by atoms with Gasteiger partial charge in [0, 0.05) is 23.3 Å². The minimum absolute atomic E-state index is 0.106. The molecule has 2 bridgehead atoms. The van der Waals surface area contributed by atoms with Crippen LogP contribution in [0.15, 0.2) is 55.6 Å². The van der Waals surface area contributed by atoms with Crippen molar-refractivity contribution in [2.45, 2.75) is 107 Å². The molecule has 0 aromatic heterocycles. The molecule has 3 heterocycles. The van der Waals surface area contributed by atoms with Gasteiger partial charge in [-0.05, 0) is 51.0 Å². The summed E-state index contributed by atoms with van der Waals surface area (Å²) in [4.78, 5) is 58.9. The van der Waals surface area contributed by atoms with Crippen molar-refractivity contribution < 1.29 is 33.8 Å². The largest absolute Gasteiger partial charge is 0.460 e. The number of hydrogen-bond donors (Lipinski definition) is 2. The molecule has 3 saturated heterocycles. The molecule has 10 nitrogen and oxygen atoms in total. The lowest BCUT2D eigenvalue weighted by Crippen LogP contribution is -2.61. The quantitative estimate of drug-likeness (QED) is 0.152. The summed E-state index contributed by atoms with van der Waals surface area (Å²) in [5.41, 5.74) is -1.44. The first-order chi connectivity index (χ1) is 22.5. The van der Waals surface area contributed by atoms with E-state index >= 15 is 4.79 Å². The molecule has 1 spiro atoms. The number of nitrogens with one attached hydrogen (secondary N) is 1. The van der Waals surface area contributed by atoms with Crippen LogP contribution >= 0.6 is 15.9 Å². The van der Waals surface area contributed by atoms with Gasteiger partial charge in [0.1, 0.15) is 17.7 Å². The summed E-state index contributed by atoms with van der Waals surface area (Å²) in [7, 11) is 0. The predicted octanol–water partition coefficient (Wildman–Crippen LogP) is 4.71. The fourth-order valence-corrected chi connectivity index (χ4v) is 9.13. The highest BCUT2D eigenvalue weighted by molar-refractivity contribution is 9.09. The van der Waals surface area contributed by atoms with Crippen molar-refractivity contribution in [3.05, 3.63) is 61.2 Å². The van der Waals surface area contributed by atoms with Crippen LogP contribution in [0.1, 0.15) is 78.8 Å². The number of carbonyl (C=O) groups excluding carboxylic acids is 4. The Morgan fingerprint density at radius 1 is 1.19 bits per heavy atom. The summed E-state index contributed by atoms with van der Waals surface area (Å²) >= 11 is 3.72. The van der Waals surface area contributed by atoms with E-state index in [-0.39, 0.29) is 41.6 Å². The van der Waals surface area contributed by atoms with Gasteiger partial charge in [-0.2, -0.15) is 0 Å². The number of esters is 1. The van der Waals surface area contributed by atoms with Gasteiger partial charge in [0.15, 0.2) is 0 Å². The van der Waals surface area contributed by atoms with Crippen LogP contribution in [0.25, 0.3) is 0 Å². The number of amides is 3. The zero-order valence-electron chi connectivity index (χ0n) is 29.1. The normalized spacial score (nSPS) is 27.6. The van der Waals surface area contributed by atoms with E-state index in [9.17, 15) is 19.5 Å². The molecule has 1 aromatic rings. The maximum Gasteiger partial charge on any atom is 0.312 e. The Kier molecular flexibility index (Phi) is 11.7. The average molecular weight is 731 g/mol. The Morgan fingerprint density at radius 2 is 1.85 bits per heavy atom. The Bertz CT molecular complexity index is 1380. The van der Waals surface area contributed by atoms with Crippen LogP contribution in [0.2, 0.25) is 0 Å². The summed E-state index contributed by atoms with van der Waals surface area (Å²) in [6.07, 6.45) is 3.75.